The molecule has 1 saturated heterocycles. The van der Waals surface area contributed by atoms with E-state index >= 15 is 0 Å². The molecule has 1 aliphatic rings. The number of carbonyl (C=O) groups excluding carboxylic acids is 1. The number of nitrogens with two attached hydrogens (primary N) is 1. The fourth-order valence-corrected chi connectivity index (χ4v) is 2.83. The van der Waals surface area contributed by atoms with E-state index in [0.717, 1.165) is 30.2 Å². The summed E-state index contributed by atoms with van der Waals surface area (Å²) < 4.78 is 5.27. The lowest BCUT2D eigenvalue weighted by molar-refractivity contribution is -0.130. The minimum atomic E-state index is 0.109. The summed E-state index contributed by atoms with van der Waals surface area (Å²) in [5, 5.41) is 0. The summed E-state index contributed by atoms with van der Waals surface area (Å²) in [4.78, 5) is 20.8. The van der Waals surface area contributed by atoms with Crippen molar-refractivity contribution in [2.24, 2.45) is 0 Å². The Bertz CT molecular complexity index is 694. The summed E-state index contributed by atoms with van der Waals surface area (Å²) in [5.74, 6) is 0.956. The molecule has 6 heteroatoms. The van der Waals surface area contributed by atoms with Gasteiger partial charge in [0.25, 0.3) is 0 Å². The summed E-state index contributed by atoms with van der Waals surface area (Å²) in [7, 11) is 1.67. The highest BCUT2D eigenvalue weighted by molar-refractivity contribution is 5.78. The fourth-order valence-electron chi connectivity index (χ4n) is 2.83. The second-order valence-corrected chi connectivity index (χ2v) is 5.83. The van der Waals surface area contributed by atoms with Gasteiger partial charge >= 0.3 is 0 Å². The van der Waals surface area contributed by atoms with Crippen LogP contribution in [-0.2, 0) is 11.2 Å². The van der Waals surface area contributed by atoms with Gasteiger partial charge in [-0.2, -0.15) is 0 Å². The number of nitrogens with zero attached hydrogens (tertiary/aromatic N) is 3. The lowest BCUT2D eigenvalue weighted by Crippen LogP contribution is -2.49. The van der Waals surface area contributed by atoms with Gasteiger partial charge in [0.05, 0.1) is 25.4 Å². The average molecular weight is 326 g/mol. The van der Waals surface area contributed by atoms with Crippen LogP contribution in [0.4, 0.5) is 11.4 Å². The van der Waals surface area contributed by atoms with Crippen LogP contribution in [0.2, 0.25) is 0 Å². The van der Waals surface area contributed by atoms with Crippen LogP contribution in [0.5, 0.6) is 5.75 Å². The van der Waals surface area contributed by atoms with Gasteiger partial charge in [0.1, 0.15) is 5.75 Å². The highest BCUT2D eigenvalue weighted by atomic mass is 16.5. The molecule has 1 fully saturated rings. The zero-order chi connectivity index (χ0) is 16.9. The number of benzene rings is 1. The molecule has 1 aliphatic heterocycles. The third-order valence-corrected chi connectivity index (χ3v) is 4.23. The van der Waals surface area contributed by atoms with Crippen molar-refractivity contribution in [3.05, 3.63) is 48.3 Å². The number of ether oxygens (including phenoxy) is 1. The van der Waals surface area contributed by atoms with Crippen molar-refractivity contribution in [3.8, 4) is 5.75 Å². The number of rotatable bonds is 4. The maximum Gasteiger partial charge on any atom is 0.228 e. The molecule has 3 rings (SSSR count). The number of piperazine rings is 1. The number of nitrogen functional groups attached to an aromatic ring is 1. The molecule has 24 heavy (non-hydrogen) atoms. The van der Waals surface area contributed by atoms with Crippen molar-refractivity contribution in [2.45, 2.75) is 6.42 Å². The predicted molar refractivity (Wildman–Crippen MR) is 94.1 cm³/mol. The van der Waals surface area contributed by atoms with E-state index in [-0.39, 0.29) is 5.91 Å². The van der Waals surface area contributed by atoms with Gasteiger partial charge in [-0.05, 0) is 24.3 Å². The zero-order valence-electron chi connectivity index (χ0n) is 13.8. The van der Waals surface area contributed by atoms with Crippen LogP contribution in [-0.4, -0.2) is 49.1 Å². The minimum absolute atomic E-state index is 0.109. The molecule has 1 aromatic heterocycles. The molecular weight excluding hydrogens is 304 g/mol. The lowest BCUT2D eigenvalue weighted by Gasteiger charge is -2.36. The van der Waals surface area contributed by atoms with Crippen LogP contribution in [0.1, 0.15) is 5.69 Å². The molecule has 2 heterocycles. The molecule has 1 aromatic carbocycles. The van der Waals surface area contributed by atoms with E-state index in [1.54, 1.807) is 25.4 Å². The number of pyridine rings is 1. The molecule has 126 valence electrons. The maximum absolute atomic E-state index is 12.4. The Morgan fingerprint density at radius 2 is 2.00 bits per heavy atom. The average Bonchev–Trinajstić information content (AvgIpc) is 2.64. The van der Waals surface area contributed by atoms with Gasteiger partial charge in [0.2, 0.25) is 5.91 Å². The molecule has 0 bridgehead atoms. The topological polar surface area (TPSA) is 71.7 Å². The molecule has 0 atom stereocenters. The standard InChI is InChI=1S/C18H22N4O2/c1-24-17-4-2-3-16(12-17)21-7-9-22(10-8-21)18(23)11-15-6-5-14(19)13-20-15/h2-6,12-13H,7-11,19H2,1H3. The Hall–Kier alpha value is -2.76. The Balaban J connectivity index is 1.56. The van der Waals surface area contributed by atoms with Gasteiger partial charge in [-0.25, -0.2) is 0 Å². The molecule has 6 nitrogen and oxygen atoms in total. The summed E-state index contributed by atoms with van der Waals surface area (Å²) in [6.07, 6.45) is 1.91. The molecule has 0 unspecified atom stereocenters. The van der Waals surface area contributed by atoms with E-state index in [1.165, 1.54) is 0 Å². The van der Waals surface area contributed by atoms with Gasteiger partial charge in [-0.1, -0.05) is 6.07 Å². The monoisotopic (exact) mass is 326 g/mol. The van der Waals surface area contributed by atoms with Crippen LogP contribution in [0.25, 0.3) is 0 Å². The first-order valence-corrected chi connectivity index (χ1v) is 8.03. The SMILES string of the molecule is COc1cccc(N2CCN(C(=O)Cc3ccc(N)cn3)CC2)c1. The van der Waals surface area contributed by atoms with E-state index in [9.17, 15) is 4.79 Å². The van der Waals surface area contributed by atoms with Crippen LogP contribution >= 0.6 is 0 Å². The highest BCUT2D eigenvalue weighted by Gasteiger charge is 2.21. The van der Waals surface area contributed by atoms with Crippen molar-refractivity contribution < 1.29 is 9.53 Å². The van der Waals surface area contributed by atoms with Gasteiger partial charge in [0.15, 0.2) is 0 Å². The first kappa shape index (κ1) is 16.1. The van der Waals surface area contributed by atoms with Gasteiger partial charge in [0, 0.05) is 43.6 Å². The van der Waals surface area contributed by atoms with Crippen molar-refractivity contribution in [2.75, 3.05) is 43.9 Å². The van der Waals surface area contributed by atoms with Crippen LogP contribution in [0.3, 0.4) is 0 Å². The smallest absolute Gasteiger partial charge is 0.228 e. The first-order valence-electron chi connectivity index (χ1n) is 8.03. The molecule has 2 N–H and O–H groups in total. The molecule has 2 aromatic rings. The van der Waals surface area contributed by atoms with E-state index in [0.29, 0.717) is 25.2 Å². The third kappa shape index (κ3) is 3.76. The highest BCUT2D eigenvalue weighted by Crippen LogP contribution is 2.22. The van der Waals surface area contributed by atoms with E-state index in [4.69, 9.17) is 10.5 Å². The molecule has 0 aliphatic carbocycles. The summed E-state index contributed by atoms with van der Waals surface area (Å²) in [5.41, 5.74) is 8.11. The van der Waals surface area contributed by atoms with Gasteiger partial charge in [-0.3, -0.25) is 9.78 Å². The molecular formula is C18H22N4O2. The second-order valence-electron chi connectivity index (χ2n) is 5.83. The quantitative estimate of drug-likeness (QED) is 0.923. The van der Waals surface area contributed by atoms with Gasteiger partial charge < -0.3 is 20.3 Å². The van der Waals surface area contributed by atoms with E-state index in [1.807, 2.05) is 23.1 Å². The largest absolute Gasteiger partial charge is 0.497 e. The number of methoxy groups -OCH3 is 1. The number of aromatic nitrogens is 1. The van der Waals surface area contributed by atoms with Crippen LogP contribution in [0.15, 0.2) is 42.6 Å². The number of anilines is 2. The lowest BCUT2D eigenvalue weighted by atomic mass is 10.2. The Morgan fingerprint density at radius 3 is 2.67 bits per heavy atom. The van der Waals surface area contributed by atoms with Crippen molar-refractivity contribution in [1.82, 2.24) is 9.88 Å². The second kappa shape index (κ2) is 7.21. The summed E-state index contributed by atoms with van der Waals surface area (Å²) in [6, 6.07) is 11.6. The fraction of sp³-hybridized carbons (Fsp3) is 0.333. The molecule has 0 spiro atoms. The van der Waals surface area contributed by atoms with E-state index in [2.05, 4.69) is 16.0 Å². The first-order chi connectivity index (χ1) is 11.7. The normalized spacial score (nSPS) is 14.5. The Labute approximate surface area is 141 Å². The molecule has 0 saturated carbocycles. The van der Waals surface area contributed by atoms with Crippen molar-refractivity contribution in [1.29, 1.82) is 0 Å². The predicted octanol–water partition coefficient (Wildman–Crippen LogP) is 1.56. The summed E-state index contributed by atoms with van der Waals surface area (Å²) >= 11 is 0. The summed E-state index contributed by atoms with van der Waals surface area (Å²) in [6.45, 7) is 3.05. The van der Waals surface area contributed by atoms with Gasteiger partial charge in [-0.15, -0.1) is 0 Å². The van der Waals surface area contributed by atoms with Crippen molar-refractivity contribution >= 4 is 17.3 Å². The molecule has 1 amide bonds. The number of hydrogen-bond donors (Lipinski definition) is 1. The minimum Gasteiger partial charge on any atom is -0.497 e. The van der Waals surface area contributed by atoms with Crippen LogP contribution < -0.4 is 15.4 Å². The van der Waals surface area contributed by atoms with Crippen LogP contribution in [0, 0.1) is 0 Å². The number of hydrogen-bond acceptors (Lipinski definition) is 5. The Morgan fingerprint density at radius 1 is 1.21 bits per heavy atom. The third-order valence-electron chi connectivity index (χ3n) is 4.23. The van der Waals surface area contributed by atoms with E-state index < -0.39 is 0 Å². The number of carbonyl (C=O) groups is 1. The number of amides is 1. The maximum atomic E-state index is 12.4. The Kier molecular flexibility index (Phi) is 4.84. The zero-order valence-corrected chi connectivity index (χ0v) is 13.8. The molecule has 0 radical (unpaired) electrons. The van der Waals surface area contributed by atoms with Crippen molar-refractivity contribution in [3.63, 3.8) is 0 Å².